The molecule has 188 valence electrons. The number of rotatable bonds is 8. The van der Waals surface area contributed by atoms with Crippen molar-refractivity contribution in [1.29, 1.82) is 5.26 Å². The number of phenolic OH excluding ortho intramolecular Hbond substituents is 1. The number of hydrogen-bond donors (Lipinski definition) is 1. The maximum Gasteiger partial charge on any atom is 0.134 e. The van der Waals surface area contributed by atoms with Gasteiger partial charge >= 0.3 is 0 Å². The summed E-state index contributed by atoms with van der Waals surface area (Å²) in [6.07, 6.45) is 2.02. The van der Waals surface area contributed by atoms with E-state index in [1.807, 2.05) is 98.0 Å². The van der Waals surface area contributed by atoms with Crippen LogP contribution in [0.4, 0.5) is 11.4 Å². The van der Waals surface area contributed by atoms with Crippen LogP contribution in [0.5, 0.6) is 17.2 Å². The van der Waals surface area contributed by atoms with E-state index < -0.39 is 0 Å². The number of nitriles is 1. The summed E-state index contributed by atoms with van der Waals surface area (Å²) in [6.45, 7) is 3.05. The van der Waals surface area contributed by atoms with Crippen LogP contribution in [0.2, 0.25) is 5.02 Å². The van der Waals surface area contributed by atoms with E-state index >= 15 is 0 Å². The van der Waals surface area contributed by atoms with Gasteiger partial charge in [0.2, 0.25) is 0 Å². The molecule has 1 heterocycles. The fourth-order valence-electron chi connectivity index (χ4n) is 4.20. The highest BCUT2D eigenvalue weighted by atomic mass is 35.5. The van der Waals surface area contributed by atoms with Gasteiger partial charge in [0, 0.05) is 24.1 Å². The average molecular weight is 521 g/mol. The molecule has 0 saturated carbocycles. The van der Waals surface area contributed by atoms with E-state index in [4.69, 9.17) is 26.6 Å². The molecule has 6 nitrogen and oxygen atoms in total. The summed E-state index contributed by atoms with van der Waals surface area (Å²) in [5, 5.41) is 19.4. The Bertz CT molecular complexity index is 1570. The highest BCUT2D eigenvalue weighted by molar-refractivity contribution is 6.32. The van der Waals surface area contributed by atoms with Gasteiger partial charge in [-0.15, -0.1) is 0 Å². The fraction of sp³-hybridized carbons (Fsp3) is 0.0968. The van der Waals surface area contributed by atoms with Gasteiger partial charge in [-0.05, 0) is 79.2 Å². The van der Waals surface area contributed by atoms with Gasteiger partial charge in [0.05, 0.1) is 28.9 Å². The third-order valence-electron chi connectivity index (χ3n) is 6.09. The number of benzene rings is 4. The lowest BCUT2D eigenvalue weighted by Crippen LogP contribution is -2.20. The van der Waals surface area contributed by atoms with Crippen molar-refractivity contribution in [2.24, 2.45) is 0 Å². The normalized spacial score (nSPS) is 10.7. The average Bonchev–Trinajstić information content (AvgIpc) is 3.28. The fourth-order valence-corrected chi connectivity index (χ4v) is 4.37. The molecule has 5 rings (SSSR count). The van der Waals surface area contributed by atoms with Gasteiger partial charge in [0.1, 0.15) is 23.1 Å². The number of anilines is 2. The number of halogens is 1. The minimum absolute atomic E-state index is 0.0279. The predicted octanol–water partition coefficient (Wildman–Crippen LogP) is 7.60. The van der Waals surface area contributed by atoms with Crippen molar-refractivity contribution in [3.63, 3.8) is 0 Å². The van der Waals surface area contributed by atoms with Crippen molar-refractivity contribution in [1.82, 2.24) is 9.55 Å². The van der Waals surface area contributed by atoms with Crippen molar-refractivity contribution in [2.45, 2.75) is 20.0 Å². The van der Waals surface area contributed by atoms with Crippen LogP contribution in [0.25, 0.3) is 0 Å². The minimum Gasteiger partial charge on any atom is -0.506 e. The second-order valence-corrected chi connectivity index (χ2v) is 9.27. The smallest absolute Gasteiger partial charge is 0.134 e. The molecule has 0 amide bonds. The Labute approximate surface area is 226 Å². The minimum atomic E-state index is 0.0279. The first-order valence-electron chi connectivity index (χ1n) is 12.1. The number of nitrogens with zero attached hydrogens (tertiary/aromatic N) is 4. The Kier molecular flexibility index (Phi) is 7.30. The van der Waals surface area contributed by atoms with Crippen LogP contribution in [0, 0.1) is 18.3 Å². The zero-order chi connectivity index (χ0) is 26.5. The number of imidazole rings is 1. The van der Waals surface area contributed by atoms with E-state index in [-0.39, 0.29) is 10.8 Å². The molecule has 0 spiro atoms. The summed E-state index contributed by atoms with van der Waals surface area (Å²) in [6, 6.07) is 32.3. The number of aryl methyl sites for hydroxylation is 1. The van der Waals surface area contributed by atoms with E-state index in [0.717, 1.165) is 40.0 Å². The molecule has 0 unspecified atom stereocenters. The molecule has 5 aromatic rings. The molecular formula is C31H25ClN4O2. The lowest BCUT2D eigenvalue weighted by atomic mass is 10.1. The number of hydrogen-bond acceptors (Lipinski definition) is 5. The van der Waals surface area contributed by atoms with Crippen LogP contribution in [-0.4, -0.2) is 14.7 Å². The van der Waals surface area contributed by atoms with Gasteiger partial charge in [0.15, 0.2) is 0 Å². The molecule has 0 fully saturated rings. The van der Waals surface area contributed by atoms with Crippen LogP contribution in [0.1, 0.15) is 22.6 Å². The molecule has 1 N–H and O–H groups in total. The summed E-state index contributed by atoms with van der Waals surface area (Å²) in [5.74, 6) is 2.38. The van der Waals surface area contributed by atoms with Crippen molar-refractivity contribution in [3.8, 4) is 23.3 Å². The lowest BCUT2D eigenvalue weighted by Gasteiger charge is -2.26. The number of ether oxygens (including phenoxy) is 1. The highest BCUT2D eigenvalue weighted by Gasteiger charge is 2.17. The maximum atomic E-state index is 10.0. The summed E-state index contributed by atoms with van der Waals surface area (Å²) in [4.78, 5) is 6.90. The van der Waals surface area contributed by atoms with Crippen molar-refractivity contribution in [3.05, 3.63) is 131 Å². The summed E-state index contributed by atoms with van der Waals surface area (Å²) in [7, 11) is 0. The summed E-state index contributed by atoms with van der Waals surface area (Å²) < 4.78 is 8.08. The van der Waals surface area contributed by atoms with Gasteiger partial charge in [-0.1, -0.05) is 41.9 Å². The van der Waals surface area contributed by atoms with Crippen LogP contribution < -0.4 is 9.64 Å². The van der Waals surface area contributed by atoms with E-state index in [1.54, 1.807) is 12.1 Å². The van der Waals surface area contributed by atoms with Crippen molar-refractivity contribution < 1.29 is 9.84 Å². The molecule has 38 heavy (non-hydrogen) atoms. The molecule has 0 bridgehead atoms. The zero-order valence-corrected chi connectivity index (χ0v) is 21.5. The van der Waals surface area contributed by atoms with Gasteiger partial charge in [-0.25, -0.2) is 4.98 Å². The lowest BCUT2D eigenvalue weighted by molar-refractivity contribution is 0.475. The first-order chi connectivity index (χ1) is 18.5. The highest BCUT2D eigenvalue weighted by Crippen LogP contribution is 2.34. The van der Waals surface area contributed by atoms with Gasteiger partial charge in [-0.2, -0.15) is 5.26 Å². The Morgan fingerprint density at radius 3 is 2.29 bits per heavy atom. The number of aromatic nitrogens is 2. The number of phenols is 1. The second-order valence-electron chi connectivity index (χ2n) is 8.87. The van der Waals surface area contributed by atoms with Crippen LogP contribution in [-0.2, 0) is 13.1 Å². The molecular weight excluding hydrogens is 496 g/mol. The SMILES string of the molecule is Cc1cn(Cc2ccc(C#N)cc2)c(CN(c2ccc(Oc3ccccc3)cc2)c2ccc(O)c(Cl)c2)n1. The Morgan fingerprint density at radius 1 is 0.921 bits per heavy atom. The molecule has 1 aromatic heterocycles. The van der Waals surface area contributed by atoms with E-state index in [1.165, 1.54) is 0 Å². The number of aromatic hydroxyl groups is 1. The third kappa shape index (κ3) is 5.80. The standard InChI is InChI=1S/C31H25ClN4O2/c1-22-19-35(20-24-9-7-23(18-33)8-10-24)31(34-22)21-36(26-13-16-30(37)29(32)17-26)25-11-14-28(15-12-25)38-27-5-3-2-4-6-27/h2-17,19,37H,20-21H2,1H3. The molecule has 0 aliphatic rings. The zero-order valence-electron chi connectivity index (χ0n) is 20.8. The van der Waals surface area contributed by atoms with E-state index in [0.29, 0.717) is 18.7 Å². The predicted molar refractivity (Wildman–Crippen MR) is 149 cm³/mol. The maximum absolute atomic E-state index is 10.0. The second kappa shape index (κ2) is 11.1. The molecule has 4 aromatic carbocycles. The first kappa shape index (κ1) is 24.9. The molecule has 0 saturated heterocycles. The molecule has 0 aliphatic carbocycles. The van der Waals surface area contributed by atoms with E-state index in [9.17, 15) is 5.11 Å². The Hall–Kier alpha value is -4.73. The van der Waals surface area contributed by atoms with Crippen molar-refractivity contribution in [2.75, 3.05) is 4.90 Å². The third-order valence-corrected chi connectivity index (χ3v) is 6.39. The van der Waals surface area contributed by atoms with E-state index in [2.05, 4.69) is 15.5 Å². The molecule has 0 aliphatic heterocycles. The number of para-hydroxylation sites is 1. The Balaban J connectivity index is 1.46. The molecule has 0 atom stereocenters. The first-order valence-corrected chi connectivity index (χ1v) is 12.5. The summed E-state index contributed by atoms with van der Waals surface area (Å²) >= 11 is 6.29. The van der Waals surface area contributed by atoms with Crippen LogP contribution >= 0.6 is 11.6 Å². The Morgan fingerprint density at radius 2 is 1.61 bits per heavy atom. The van der Waals surface area contributed by atoms with Gasteiger partial charge in [0.25, 0.3) is 0 Å². The van der Waals surface area contributed by atoms with Gasteiger partial charge in [-0.3, -0.25) is 0 Å². The largest absolute Gasteiger partial charge is 0.506 e. The monoisotopic (exact) mass is 520 g/mol. The molecule has 7 heteroatoms. The quantitative estimate of drug-likeness (QED) is 0.228. The van der Waals surface area contributed by atoms with Crippen molar-refractivity contribution >= 4 is 23.0 Å². The van der Waals surface area contributed by atoms with Crippen LogP contribution in [0.3, 0.4) is 0 Å². The molecule has 0 radical (unpaired) electrons. The van der Waals surface area contributed by atoms with Gasteiger partial charge < -0.3 is 19.3 Å². The van der Waals surface area contributed by atoms with Crippen LogP contribution in [0.15, 0.2) is 103 Å². The topological polar surface area (TPSA) is 74.3 Å². The summed E-state index contributed by atoms with van der Waals surface area (Å²) in [5.41, 5.74) is 4.34.